The van der Waals surface area contributed by atoms with Gasteiger partial charge in [-0.25, -0.2) is 0 Å². The van der Waals surface area contributed by atoms with Crippen LogP contribution in [0.3, 0.4) is 0 Å². The van der Waals surface area contributed by atoms with Gasteiger partial charge in [0.05, 0.1) is 5.60 Å². The predicted molar refractivity (Wildman–Crippen MR) is 56.1 cm³/mol. The zero-order chi connectivity index (χ0) is 10.8. The second-order valence-electron chi connectivity index (χ2n) is 5.38. The molecule has 0 aromatic heterocycles. The van der Waals surface area contributed by atoms with Gasteiger partial charge in [0.25, 0.3) is 0 Å². The molecule has 0 aromatic rings. The minimum Gasteiger partial charge on any atom is -0.390 e. The minimum absolute atomic E-state index is 0.261. The molecule has 0 atom stereocenters. The second-order valence-corrected chi connectivity index (χ2v) is 5.38. The number of aldehydes is 1. The molecular weight excluding hydrogens is 178 g/mol. The Kier molecular flexibility index (Phi) is 3.32. The van der Waals surface area contributed by atoms with Crippen LogP contribution in [0.5, 0.6) is 0 Å². The molecule has 0 bridgehead atoms. The maximum absolute atomic E-state index is 10.8. The summed E-state index contributed by atoms with van der Waals surface area (Å²) in [5.74, 6) is 0. The van der Waals surface area contributed by atoms with Crippen molar-refractivity contribution in [3.63, 3.8) is 0 Å². The predicted octanol–water partition coefficient (Wildman–Crippen LogP) is 1.06. The number of piperidine rings is 1. The maximum Gasteiger partial charge on any atom is 0.126 e. The van der Waals surface area contributed by atoms with E-state index in [1.165, 1.54) is 0 Å². The van der Waals surface area contributed by atoms with Gasteiger partial charge in [-0.15, -0.1) is 0 Å². The molecule has 1 fully saturated rings. The quantitative estimate of drug-likeness (QED) is 0.691. The van der Waals surface area contributed by atoms with Crippen LogP contribution in [0, 0.1) is 5.41 Å². The summed E-state index contributed by atoms with van der Waals surface area (Å²) in [6.07, 6.45) is 2.63. The van der Waals surface area contributed by atoms with E-state index in [1.807, 2.05) is 20.8 Å². The van der Waals surface area contributed by atoms with Crippen molar-refractivity contribution in [1.29, 1.82) is 0 Å². The largest absolute Gasteiger partial charge is 0.390 e. The van der Waals surface area contributed by atoms with Crippen molar-refractivity contribution in [1.82, 2.24) is 4.90 Å². The molecule has 1 aliphatic rings. The normalized spacial score (nSPS) is 23.4. The first-order chi connectivity index (χ1) is 6.35. The summed E-state index contributed by atoms with van der Waals surface area (Å²) in [5.41, 5.74) is -0.759. The topological polar surface area (TPSA) is 40.5 Å². The molecule has 3 heteroatoms. The summed E-state index contributed by atoms with van der Waals surface area (Å²) in [5, 5.41) is 9.75. The van der Waals surface area contributed by atoms with Crippen LogP contribution in [-0.4, -0.2) is 41.5 Å². The Morgan fingerprint density at radius 1 is 1.43 bits per heavy atom. The molecule has 0 aliphatic carbocycles. The highest BCUT2D eigenvalue weighted by atomic mass is 16.3. The summed E-state index contributed by atoms with van der Waals surface area (Å²) in [6.45, 7) is 8.37. The summed E-state index contributed by atoms with van der Waals surface area (Å²) in [7, 11) is 0. The van der Waals surface area contributed by atoms with Crippen molar-refractivity contribution in [3.05, 3.63) is 0 Å². The highest BCUT2D eigenvalue weighted by Crippen LogP contribution is 2.23. The van der Waals surface area contributed by atoms with E-state index in [-0.39, 0.29) is 5.41 Å². The molecule has 0 unspecified atom stereocenters. The van der Waals surface area contributed by atoms with Gasteiger partial charge in [0.2, 0.25) is 0 Å². The average Bonchev–Trinajstić information content (AvgIpc) is 2.09. The molecule has 14 heavy (non-hydrogen) atoms. The SMILES string of the molecule is CC(C)(C=O)CN1CCC(C)(O)CC1. The molecule has 1 heterocycles. The molecule has 1 rings (SSSR count). The highest BCUT2D eigenvalue weighted by Gasteiger charge is 2.30. The fraction of sp³-hybridized carbons (Fsp3) is 0.909. The van der Waals surface area contributed by atoms with Crippen LogP contribution in [0.4, 0.5) is 0 Å². The standard InChI is InChI=1S/C11H21NO2/c1-10(2,9-13)8-12-6-4-11(3,14)5-7-12/h9,14H,4-8H2,1-3H3. The Labute approximate surface area is 86.1 Å². The third-order valence-electron chi connectivity index (χ3n) is 2.88. The van der Waals surface area contributed by atoms with Gasteiger partial charge in [0.1, 0.15) is 6.29 Å². The van der Waals surface area contributed by atoms with Gasteiger partial charge in [-0.05, 0) is 19.8 Å². The monoisotopic (exact) mass is 199 g/mol. The van der Waals surface area contributed by atoms with Gasteiger partial charge in [-0.3, -0.25) is 0 Å². The van der Waals surface area contributed by atoms with Crippen molar-refractivity contribution in [2.24, 2.45) is 5.41 Å². The third-order valence-corrected chi connectivity index (χ3v) is 2.88. The van der Waals surface area contributed by atoms with Crippen LogP contribution >= 0.6 is 0 Å². The first-order valence-electron chi connectivity index (χ1n) is 5.26. The van der Waals surface area contributed by atoms with E-state index in [4.69, 9.17) is 0 Å². The van der Waals surface area contributed by atoms with Crippen LogP contribution in [-0.2, 0) is 4.79 Å². The van der Waals surface area contributed by atoms with Crippen LogP contribution in [0.15, 0.2) is 0 Å². The molecule has 3 nitrogen and oxygen atoms in total. The molecule has 1 saturated heterocycles. The molecule has 0 amide bonds. The second kappa shape index (κ2) is 3.99. The molecule has 0 aromatic carbocycles. The zero-order valence-electron chi connectivity index (χ0n) is 9.42. The van der Waals surface area contributed by atoms with E-state index >= 15 is 0 Å². The Bertz CT molecular complexity index is 201. The number of rotatable bonds is 3. The molecule has 0 saturated carbocycles. The maximum atomic E-state index is 10.8. The van der Waals surface area contributed by atoms with E-state index < -0.39 is 5.60 Å². The van der Waals surface area contributed by atoms with Gasteiger partial charge in [-0.2, -0.15) is 0 Å². The van der Waals surface area contributed by atoms with E-state index in [0.29, 0.717) is 0 Å². The number of likely N-dealkylation sites (tertiary alicyclic amines) is 1. The molecular formula is C11H21NO2. The lowest BCUT2D eigenvalue weighted by Gasteiger charge is -2.38. The van der Waals surface area contributed by atoms with Gasteiger partial charge >= 0.3 is 0 Å². The Morgan fingerprint density at radius 3 is 2.36 bits per heavy atom. The van der Waals surface area contributed by atoms with Crippen molar-refractivity contribution in [2.45, 2.75) is 39.2 Å². The van der Waals surface area contributed by atoms with E-state index in [9.17, 15) is 9.90 Å². The lowest BCUT2D eigenvalue weighted by atomic mass is 9.90. The minimum atomic E-state index is -0.498. The lowest BCUT2D eigenvalue weighted by Crippen LogP contribution is -2.46. The number of carbonyl (C=O) groups excluding carboxylic acids is 1. The van der Waals surface area contributed by atoms with Gasteiger partial charge < -0.3 is 14.8 Å². The van der Waals surface area contributed by atoms with Crippen LogP contribution < -0.4 is 0 Å². The van der Waals surface area contributed by atoms with Gasteiger partial charge in [-0.1, -0.05) is 13.8 Å². The summed E-state index contributed by atoms with van der Waals surface area (Å²) in [6, 6.07) is 0. The third kappa shape index (κ3) is 3.39. The lowest BCUT2D eigenvalue weighted by molar-refractivity contribution is -0.116. The van der Waals surface area contributed by atoms with Crippen molar-refractivity contribution < 1.29 is 9.90 Å². The summed E-state index contributed by atoms with van der Waals surface area (Å²) >= 11 is 0. The first-order valence-corrected chi connectivity index (χ1v) is 5.26. The Hall–Kier alpha value is -0.410. The fourth-order valence-corrected chi connectivity index (χ4v) is 1.81. The van der Waals surface area contributed by atoms with E-state index in [0.717, 1.165) is 38.8 Å². The average molecular weight is 199 g/mol. The number of nitrogens with zero attached hydrogens (tertiary/aromatic N) is 1. The number of hydrogen-bond donors (Lipinski definition) is 1. The Balaban J connectivity index is 2.40. The van der Waals surface area contributed by atoms with E-state index in [2.05, 4.69) is 4.90 Å². The van der Waals surface area contributed by atoms with Crippen molar-refractivity contribution >= 4 is 6.29 Å². The summed E-state index contributed by atoms with van der Waals surface area (Å²) in [4.78, 5) is 13.0. The fourth-order valence-electron chi connectivity index (χ4n) is 1.81. The number of carbonyl (C=O) groups is 1. The molecule has 82 valence electrons. The Morgan fingerprint density at radius 2 is 1.93 bits per heavy atom. The summed E-state index contributed by atoms with van der Waals surface area (Å²) < 4.78 is 0. The van der Waals surface area contributed by atoms with E-state index in [1.54, 1.807) is 0 Å². The van der Waals surface area contributed by atoms with Crippen molar-refractivity contribution in [2.75, 3.05) is 19.6 Å². The van der Waals surface area contributed by atoms with Gasteiger partial charge in [0.15, 0.2) is 0 Å². The van der Waals surface area contributed by atoms with Gasteiger partial charge in [0, 0.05) is 25.0 Å². The molecule has 0 spiro atoms. The van der Waals surface area contributed by atoms with Crippen LogP contribution in [0.2, 0.25) is 0 Å². The first kappa shape index (κ1) is 11.7. The number of aliphatic hydroxyl groups is 1. The smallest absolute Gasteiger partial charge is 0.126 e. The molecule has 1 aliphatic heterocycles. The molecule has 1 N–H and O–H groups in total. The van der Waals surface area contributed by atoms with Crippen molar-refractivity contribution in [3.8, 4) is 0 Å². The molecule has 0 radical (unpaired) electrons. The zero-order valence-corrected chi connectivity index (χ0v) is 9.42. The number of hydrogen-bond acceptors (Lipinski definition) is 3. The highest BCUT2D eigenvalue weighted by molar-refractivity contribution is 5.58. The van der Waals surface area contributed by atoms with Crippen LogP contribution in [0.1, 0.15) is 33.6 Å². The van der Waals surface area contributed by atoms with Crippen LogP contribution in [0.25, 0.3) is 0 Å².